The highest BCUT2D eigenvalue weighted by molar-refractivity contribution is 8.22. The van der Waals surface area contributed by atoms with Crippen LogP contribution in [0.1, 0.15) is 34.1 Å². The quantitative estimate of drug-likeness (QED) is 0.598. The summed E-state index contributed by atoms with van der Waals surface area (Å²) in [5, 5.41) is 10.4. The maximum Gasteiger partial charge on any atom is 0.0655 e. The zero-order chi connectivity index (χ0) is 12.9. The van der Waals surface area contributed by atoms with Crippen molar-refractivity contribution in [1.82, 2.24) is 0 Å². The minimum Gasteiger partial charge on any atom is -0.392 e. The third-order valence-corrected chi connectivity index (χ3v) is 4.72. The summed E-state index contributed by atoms with van der Waals surface area (Å²) in [4.78, 5) is 0. The fraction of sp³-hybridized carbons (Fsp3) is 0.769. The minimum absolute atomic E-state index is 0.0386. The smallest absolute Gasteiger partial charge is 0.0655 e. The second-order valence-electron chi connectivity index (χ2n) is 5.30. The number of aliphatic hydroxyl groups is 1. The van der Waals surface area contributed by atoms with E-state index in [0.29, 0.717) is 0 Å². The third kappa shape index (κ3) is 4.56. The standard InChI is InChI=1S/C13H24OS2/c1-7-8-10(12(15)16-6)11(14)9(2)13(3,4)5/h7,9-11,14H,1,8H2,2-6H3/t9-,10-,11-/m0/s1. The van der Waals surface area contributed by atoms with Crippen LogP contribution in [0.5, 0.6) is 0 Å². The van der Waals surface area contributed by atoms with Gasteiger partial charge in [0.15, 0.2) is 0 Å². The predicted octanol–water partition coefficient (Wildman–Crippen LogP) is 3.91. The van der Waals surface area contributed by atoms with Crippen LogP contribution < -0.4 is 0 Å². The first-order chi connectivity index (χ1) is 7.25. The molecule has 1 N–H and O–H groups in total. The lowest BCUT2D eigenvalue weighted by molar-refractivity contribution is 0.0314. The maximum atomic E-state index is 10.4. The van der Waals surface area contributed by atoms with E-state index in [1.54, 1.807) is 11.8 Å². The summed E-state index contributed by atoms with van der Waals surface area (Å²) >= 11 is 6.87. The van der Waals surface area contributed by atoms with Crippen LogP contribution in [-0.2, 0) is 0 Å². The first kappa shape index (κ1) is 16.1. The Labute approximate surface area is 110 Å². The van der Waals surface area contributed by atoms with E-state index in [1.165, 1.54) is 0 Å². The van der Waals surface area contributed by atoms with Gasteiger partial charge in [0.2, 0.25) is 0 Å². The average Bonchev–Trinajstić information content (AvgIpc) is 2.21. The number of hydrogen-bond acceptors (Lipinski definition) is 3. The number of aliphatic hydroxyl groups excluding tert-OH is 1. The summed E-state index contributed by atoms with van der Waals surface area (Å²) < 4.78 is 0.878. The van der Waals surface area contributed by atoms with Crippen molar-refractivity contribution < 1.29 is 5.11 Å². The molecule has 0 aromatic carbocycles. The number of rotatable bonds is 5. The van der Waals surface area contributed by atoms with Gasteiger partial charge in [0.25, 0.3) is 0 Å². The van der Waals surface area contributed by atoms with Gasteiger partial charge in [0, 0.05) is 5.92 Å². The Hall–Kier alpha value is 0.140. The van der Waals surface area contributed by atoms with Gasteiger partial charge in [-0.1, -0.05) is 46.0 Å². The highest BCUT2D eigenvalue weighted by Gasteiger charge is 2.33. The van der Waals surface area contributed by atoms with Crippen molar-refractivity contribution in [1.29, 1.82) is 0 Å². The van der Waals surface area contributed by atoms with E-state index in [9.17, 15) is 5.11 Å². The van der Waals surface area contributed by atoms with Crippen molar-refractivity contribution in [2.45, 2.75) is 40.2 Å². The Bertz CT molecular complexity index is 243. The normalized spacial score (nSPS) is 17.6. The van der Waals surface area contributed by atoms with E-state index in [-0.39, 0.29) is 17.3 Å². The summed E-state index contributed by atoms with van der Waals surface area (Å²) in [5.41, 5.74) is 0.0901. The van der Waals surface area contributed by atoms with E-state index >= 15 is 0 Å². The molecule has 0 bridgehead atoms. The van der Waals surface area contributed by atoms with Crippen LogP contribution in [0.4, 0.5) is 0 Å². The molecular formula is C13H24OS2. The number of thiocarbonyl (C=S) groups is 1. The van der Waals surface area contributed by atoms with Gasteiger partial charge in [-0.05, 0) is 24.0 Å². The third-order valence-electron chi connectivity index (χ3n) is 3.22. The van der Waals surface area contributed by atoms with Crippen LogP contribution in [0.3, 0.4) is 0 Å². The molecular weight excluding hydrogens is 236 g/mol. The lowest BCUT2D eigenvalue weighted by atomic mass is 9.75. The minimum atomic E-state index is -0.391. The molecule has 0 aromatic heterocycles. The second kappa shape index (κ2) is 6.77. The SMILES string of the molecule is C=CC[C@H](C(=S)SC)[C@@H](O)[C@H](C)C(C)(C)C. The molecule has 0 saturated carbocycles. The fourth-order valence-electron chi connectivity index (χ4n) is 1.57. The number of thioether (sulfide) groups is 1. The zero-order valence-electron chi connectivity index (χ0n) is 11.0. The highest BCUT2D eigenvalue weighted by Crippen LogP contribution is 2.34. The molecule has 0 aliphatic carbocycles. The Morgan fingerprint density at radius 3 is 2.31 bits per heavy atom. The van der Waals surface area contributed by atoms with Crippen LogP contribution in [0, 0.1) is 17.3 Å². The molecule has 0 unspecified atom stereocenters. The Morgan fingerprint density at radius 2 is 2.00 bits per heavy atom. The molecule has 3 heteroatoms. The topological polar surface area (TPSA) is 20.2 Å². The van der Waals surface area contributed by atoms with Crippen molar-refractivity contribution >= 4 is 28.2 Å². The van der Waals surface area contributed by atoms with Crippen molar-refractivity contribution in [3.05, 3.63) is 12.7 Å². The summed E-state index contributed by atoms with van der Waals surface area (Å²) in [7, 11) is 0. The van der Waals surface area contributed by atoms with E-state index in [4.69, 9.17) is 12.2 Å². The first-order valence-corrected chi connectivity index (χ1v) is 7.25. The molecule has 0 radical (unpaired) electrons. The highest BCUT2D eigenvalue weighted by atomic mass is 32.2. The van der Waals surface area contributed by atoms with Gasteiger partial charge >= 0.3 is 0 Å². The largest absolute Gasteiger partial charge is 0.392 e. The van der Waals surface area contributed by atoms with Gasteiger partial charge in [-0.3, -0.25) is 0 Å². The first-order valence-electron chi connectivity index (χ1n) is 5.62. The van der Waals surface area contributed by atoms with Crippen LogP contribution >= 0.6 is 24.0 Å². The monoisotopic (exact) mass is 260 g/mol. The Morgan fingerprint density at radius 1 is 1.50 bits per heavy atom. The Balaban J connectivity index is 4.79. The maximum absolute atomic E-state index is 10.4. The summed E-state index contributed by atoms with van der Waals surface area (Å²) in [6.45, 7) is 12.3. The Kier molecular flexibility index (Phi) is 6.83. The van der Waals surface area contributed by atoms with Crippen LogP contribution in [0.15, 0.2) is 12.7 Å². The average molecular weight is 260 g/mol. The molecule has 3 atom stereocenters. The van der Waals surface area contributed by atoms with Gasteiger partial charge in [-0.25, -0.2) is 0 Å². The van der Waals surface area contributed by atoms with Crippen LogP contribution in [-0.4, -0.2) is 21.7 Å². The molecule has 0 rings (SSSR count). The molecule has 1 nitrogen and oxygen atoms in total. The van der Waals surface area contributed by atoms with Crippen molar-refractivity contribution in [2.24, 2.45) is 17.3 Å². The molecule has 94 valence electrons. The number of allylic oxidation sites excluding steroid dienone is 1. The van der Waals surface area contributed by atoms with E-state index in [1.807, 2.05) is 12.3 Å². The van der Waals surface area contributed by atoms with Gasteiger partial charge in [0.1, 0.15) is 0 Å². The van der Waals surface area contributed by atoms with Gasteiger partial charge in [-0.2, -0.15) is 0 Å². The molecule has 0 heterocycles. The van der Waals surface area contributed by atoms with Crippen molar-refractivity contribution in [2.75, 3.05) is 6.26 Å². The van der Waals surface area contributed by atoms with Gasteiger partial charge < -0.3 is 5.11 Å². The molecule has 0 aliphatic heterocycles. The van der Waals surface area contributed by atoms with Crippen LogP contribution in [0.2, 0.25) is 0 Å². The molecule has 0 fully saturated rings. The van der Waals surface area contributed by atoms with E-state index in [0.717, 1.165) is 10.6 Å². The van der Waals surface area contributed by atoms with Gasteiger partial charge in [0.05, 0.1) is 10.3 Å². The molecule has 0 aromatic rings. The molecule has 0 saturated heterocycles. The number of hydrogen-bond donors (Lipinski definition) is 1. The molecule has 16 heavy (non-hydrogen) atoms. The lowest BCUT2D eigenvalue weighted by Gasteiger charge is -2.35. The van der Waals surface area contributed by atoms with Crippen molar-refractivity contribution in [3.63, 3.8) is 0 Å². The molecule has 0 aliphatic rings. The van der Waals surface area contributed by atoms with Crippen LogP contribution in [0.25, 0.3) is 0 Å². The zero-order valence-corrected chi connectivity index (χ0v) is 12.6. The fourth-order valence-corrected chi connectivity index (χ4v) is 2.34. The van der Waals surface area contributed by atoms with E-state index < -0.39 is 6.10 Å². The lowest BCUT2D eigenvalue weighted by Crippen LogP contribution is -2.37. The second-order valence-corrected chi connectivity index (χ2v) is 6.85. The van der Waals surface area contributed by atoms with E-state index in [2.05, 4.69) is 34.3 Å². The summed E-state index contributed by atoms with van der Waals surface area (Å²) in [6, 6.07) is 0. The predicted molar refractivity (Wildman–Crippen MR) is 79.0 cm³/mol. The summed E-state index contributed by atoms with van der Waals surface area (Å²) in [5.74, 6) is 0.249. The molecule has 0 spiro atoms. The van der Waals surface area contributed by atoms with Crippen molar-refractivity contribution in [3.8, 4) is 0 Å². The van der Waals surface area contributed by atoms with Gasteiger partial charge in [-0.15, -0.1) is 18.3 Å². The summed E-state index contributed by atoms with van der Waals surface area (Å²) in [6.07, 6.45) is 4.16. The molecule has 0 amide bonds.